The molecule has 0 atom stereocenters. The zero-order chi connectivity index (χ0) is 35.6. The van der Waals surface area contributed by atoms with Crippen LogP contribution in [0.5, 0.6) is 0 Å². The molecular formula is C51H32N2O. The van der Waals surface area contributed by atoms with Crippen molar-refractivity contribution in [3.05, 3.63) is 194 Å². The number of benzene rings is 9. The molecule has 0 aliphatic carbocycles. The summed E-state index contributed by atoms with van der Waals surface area (Å²) in [5, 5.41) is 9.83. The predicted octanol–water partition coefficient (Wildman–Crippen LogP) is 14.3. The molecule has 0 N–H and O–H groups in total. The summed E-state index contributed by atoms with van der Waals surface area (Å²) in [5.41, 5.74) is 12.1. The van der Waals surface area contributed by atoms with Crippen molar-refractivity contribution in [2.45, 2.75) is 0 Å². The van der Waals surface area contributed by atoms with Gasteiger partial charge in [0.15, 0.2) is 0 Å². The number of hydrogen-bond acceptors (Lipinski definition) is 3. The summed E-state index contributed by atoms with van der Waals surface area (Å²) >= 11 is 0. The van der Waals surface area contributed by atoms with E-state index in [1.54, 1.807) is 0 Å². The van der Waals surface area contributed by atoms with Crippen molar-refractivity contribution in [3.8, 4) is 33.4 Å². The van der Waals surface area contributed by atoms with E-state index in [1.165, 1.54) is 60.1 Å². The topological polar surface area (TPSA) is 29.3 Å². The normalized spacial score (nSPS) is 11.7. The Balaban J connectivity index is 1.02. The minimum Gasteiger partial charge on any atom is -0.455 e. The highest BCUT2D eigenvalue weighted by atomic mass is 16.3. The van der Waals surface area contributed by atoms with Gasteiger partial charge >= 0.3 is 0 Å². The van der Waals surface area contributed by atoms with Crippen molar-refractivity contribution in [1.82, 2.24) is 4.98 Å². The molecule has 3 nitrogen and oxygen atoms in total. The first-order valence-electron chi connectivity index (χ1n) is 18.4. The third-order valence-corrected chi connectivity index (χ3v) is 10.9. The molecule has 0 amide bonds. The summed E-state index contributed by atoms with van der Waals surface area (Å²) in [7, 11) is 0. The Morgan fingerprint density at radius 1 is 0.370 bits per heavy atom. The standard InChI is InChI=1S/C51H32N2O/c1-2-8-33(9-3-1)34-15-23-38(24-16-34)53(40-10-7-31-52-32-40)39-25-17-35(18-26-39)41-27-19-36-22-30-45-42(28-20-37-21-29-44(41)49(36)50(37)45)46-12-6-13-47-43-11-4-5-14-48(43)54-51(46)47/h1-32H. The fourth-order valence-corrected chi connectivity index (χ4v) is 8.40. The Hall–Kier alpha value is -7.23. The summed E-state index contributed by atoms with van der Waals surface area (Å²) in [5.74, 6) is 0. The SMILES string of the molecule is c1ccc(-c2ccc(N(c3ccc(-c4ccc5ccc6c(-c7cccc8c7oc7ccccc78)ccc7ccc4c5c76)cc3)c3cccnc3)cc2)cc1. The lowest BCUT2D eigenvalue weighted by Gasteiger charge is -2.25. The fraction of sp³-hybridized carbons (Fsp3) is 0. The quantitative estimate of drug-likeness (QED) is 0.163. The average Bonchev–Trinajstić information content (AvgIpc) is 3.63. The lowest BCUT2D eigenvalue weighted by Crippen LogP contribution is -2.10. The van der Waals surface area contributed by atoms with Crippen molar-refractivity contribution in [2.24, 2.45) is 0 Å². The summed E-state index contributed by atoms with van der Waals surface area (Å²) in [6.45, 7) is 0. The van der Waals surface area contributed by atoms with Gasteiger partial charge in [-0.05, 0) is 103 Å². The van der Waals surface area contributed by atoms with Gasteiger partial charge in [0.1, 0.15) is 11.2 Å². The van der Waals surface area contributed by atoms with Crippen molar-refractivity contribution in [1.29, 1.82) is 0 Å². The lowest BCUT2D eigenvalue weighted by molar-refractivity contribution is 0.670. The Morgan fingerprint density at radius 2 is 0.981 bits per heavy atom. The van der Waals surface area contributed by atoms with Crippen LogP contribution in [-0.2, 0) is 0 Å². The van der Waals surface area contributed by atoms with E-state index in [2.05, 4.69) is 180 Å². The molecule has 0 spiro atoms. The molecule has 0 unspecified atom stereocenters. The third-order valence-electron chi connectivity index (χ3n) is 10.9. The largest absolute Gasteiger partial charge is 0.455 e. The smallest absolute Gasteiger partial charge is 0.143 e. The predicted molar refractivity (Wildman–Crippen MR) is 226 cm³/mol. The molecule has 3 heteroatoms. The molecule has 9 aromatic carbocycles. The van der Waals surface area contributed by atoms with Gasteiger partial charge in [0.2, 0.25) is 0 Å². The van der Waals surface area contributed by atoms with E-state index in [0.29, 0.717) is 0 Å². The molecule has 0 aliphatic heterocycles. The number of pyridine rings is 1. The van der Waals surface area contributed by atoms with E-state index in [-0.39, 0.29) is 0 Å². The van der Waals surface area contributed by atoms with E-state index in [9.17, 15) is 0 Å². The molecule has 54 heavy (non-hydrogen) atoms. The van der Waals surface area contributed by atoms with Crippen LogP contribution in [-0.4, -0.2) is 4.98 Å². The molecule has 11 rings (SSSR count). The Morgan fingerprint density at radius 3 is 1.70 bits per heavy atom. The van der Waals surface area contributed by atoms with Gasteiger partial charge in [0, 0.05) is 33.9 Å². The first-order chi connectivity index (χ1) is 26.8. The fourth-order valence-electron chi connectivity index (χ4n) is 8.40. The number of nitrogens with zero attached hydrogens (tertiary/aromatic N) is 2. The van der Waals surface area contributed by atoms with Gasteiger partial charge in [-0.1, -0.05) is 140 Å². The highest BCUT2D eigenvalue weighted by Gasteiger charge is 2.19. The third kappa shape index (κ3) is 4.79. The maximum atomic E-state index is 6.50. The van der Waals surface area contributed by atoms with Crippen LogP contribution in [0.1, 0.15) is 0 Å². The monoisotopic (exact) mass is 688 g/mol. The zero-order valence-corrected chi connectivity index (χ0v) is 29.3. The van der Waals surface area contributed by atoms with Crippen LogP contribution in [0.3, 0.4) is 0 Å². The number of aromatic nitrogens is 1. The number of hydrogen-bond donors (Lipinski definition) is 0. The van der Waals surface area contributed by atoms with Crippen LogP contribution in [0.15, 0.2) is 199 Å². The lowest BCUT2D eigenvalue weighted by atomic mass is 9.87. The maximum Gasteiger partial charge on any atom is 0.143 e. The summed E-state index contributed by atoms with van der Waals surface area (Å²) in [6.07, 6.45) is 3.74. The zero-order valence-electron chi connectivity index (χ0n) is 29.3. The molecule has 0 aliphatic rings. The van der Waals surface area contributed by atoms with Gasteiger partial charge in [0.05, 0.1) is 11.9 Å². The Bertz CT molecular complexity index is 3130. The minimum absolute atomic E-state index is 0.915. The van der Waals surface area contributed by atoms with Crippen molar-refractivity contribution >= 4 is 71.3 Å². The molecule has 0 saturated heterocycles. The maximum absolute atomic E-state index is 6.50. The van der Waals surface area contributed by atoms with Gasteiger partial charge in [-0.2, -0.15) is 0 Å². The minimum atomic E-state index is 0.915. The summed E-state index contributed by atoms with van der Waals surface area (Å²) in [4.78, 5) is 6.73. The molecule has 0 radical (unpaired) electrons. The molecule has 252 valence electrons. The number of furan rings is 1. The van der Waals surface area contributed by atoms with Gasteiger partial charge in [-0.25, -0.2) is 0 Å². The number of anilines is 3. The molecular weight excluding hydrogens is 657 g/mol. The molecule has 0 bridgehead atoms. The van der Waals surface area contributed by atoms with Crippen molar-refractivity contribution in [3.63, 3.8) is 0 Å². The van der Waals surface area contributed by atoms with Crippen molar-refractivity contribution < 1.29 is 4.42 Å². The van der Waals surface area contributed by atoms with Crippen LogP contribution in [0.4, 0.5) is 17.1 Å². The van der Waals surface area contributed by atoms with Gasteiger partial charge in [-0.3, -0.25) is 4.98 Å². The van der Waals surface area contributed by atoms with Crippen LogP contribution < -0.4 is 4.90 Å². The second-order valence-corrected chi connectivity index (χ2v) is 13.9. The van der Waals surface area contributed by atoms with Crippen LogP contribution in [0, 0.1) is 0 Å². The van der Waals surface area contributed by atoms with Crippen LogP contribution in [0.2, 0.25) is 0 Å². The second-order valence-electron chi connectivity index (χ2n) is 13.9. The average molecular weight is 689 g/mol. The number of fused-ring (bicyclic) bond motifs is 3. The molecule has 2 heterocycles. The van der Waals surface area contributed by atoms with E-state index in [1.807, 2.05) is 24.5 Å². The van der Waals surface area contributed by atoms with Crippen molar-refractivity contribution in [2.75, 3.05) is 4.90 Å². The van der Waals surface area contributed by atoms with E-state index >= 15 is 0 Å². The first-order valence-corrected chi connectivity index (χ1v) is 18.4. The summed E-state index contributed by atoms with van der Waals surface area (Å²) < 4.78 is 6.50. The highest BCUT2D eigenvalue weighted by molar-refractivity contribution is 6.28. The Kier molecular flexibility index (Phi) is 6.86. The van der Waals surface area contributed by atoms with Crippen LogP contribution >= 0.6 is 0 Å². The van der Waals surface area contributed by atoms with E-state index < -0.39 is 0 Å². The van der Waals surface area contributed by atoms with Gasteiger partial charge in [0.25, 0.3) is 0 Å². The number of para-hydroxylation sites is 2. The van der Waals surface area contributed by atoms with E-state index in [0.717, 1.165) is 44.6 Å². The number of rotatable bonds is 6. The molecule has 2 aromatic heterocycles. The van der Waals surface area contributed by atoms with E-state index in [4.69, 9.17) is 4.42 Å². The first kappa shape index (κ1) is 30.4. The highest BCUT2D eigenvalue weighted by Crippen LogP contribution is 2.45. The van der Waals surface area contributed by atoms with Gasteiger partial charge in [-0.15, -0.1) is 0 Å². The summed E-state index contributed by atoms with van der Waals surface area (Å²) in [6, 6.07) is 65.3. The molecule has 11 aromatic rings. The van der Waals surface area contributed by atoms with Gasteiger partial charge < -0.3 is 9.32 Å². The second kappa shape index (κ2) is 12.2. The Labute approximate surface area is 312 Å². The molecule has 0 saturated carbocycles. The molecule has 0 fully saturated rings. The van der Waals surface area contributed by atoms with Crippen LogP contribution in [0.25, 0.3) is 87.6 Å².